The van der Waals surface area contributed by atoms with Crippen molar-refractivity contribution in [3.63, 3.8) is 0 Å². The van der Waals surface area contributed by atoms with Crippen LogP contribution in [0.1, 0.15) is 6.42 Å². The van der Waals surface area contributed by atoms with Crippen molar-refractivity contribution >= 4 is 31.9 Å². The molecule has 1 unspecified atom stereocenters. The third-order valence-electron chi connectivity index (χ3n) is 1.24. The van der Waals surface area contributed by atoms with E-state index in [1.54, 1.807) is 6.08 Å². The molecule has 0 radical (unpaired) electrons. The average Bonchev–Trinajstić information content (AvgIpc) is 1.88. The van der Waals surface area contributed by atoms with Gasteiger partial charge >= 0.3 is 0 Å². The Hall–Kier alpha value is 0.0400. The first-order valence-electron chi connectivity index (χ1n) is 2.77. The Labute approximate surface area is 75.6 Å². The van der Waals surface area contributed by atoms with Gasteiger partial charge in [0.15, 0.2) is 0 Å². The molecule has 10 heavy (non-hydrogen) atoms. The standard InChI is InChI=1S/C6H5Br2NO/c7-4-1-2-6(9-10)5(8)3-4/h1-2,5H,3H2. The molecule has 2 nitrogen and oxygen atoms in total. The van der Waals surface area contributed by atoms with Crippen molar-refractivity contribution in [3.8, 4) is 0 Å². The highest BCUT2D eigenvalue weighted by molar-refractivity contribution is 9.12. The number of nitroso groups, excluding NO2 is 1. The summed E-state index contributed by atoms with van der Waals surface area (Å²) in [6.45, 7) is 0. The number of allylic oxidation sites excluding steroid dienone is 4. The fourth-order valence-electron chi connectivity index (χ4n) is 0.712. The molecule has 4 heteroatoms. The third-order valence-corrected chi connectivity index (χ3v) is 2.62. The molecule has 0 aliphatic heterocycles. The molecule has 54 valence electrons. The molecule has 0 fully saturated rings. The number of rotatable bonds is 1. The molecule has 0 saturated carbocycles. The largest absolute Gasteiger partial charge is 0.145 e. The van der Waals surface area contributed by atoms with Crippen molar-refractivity contribution in [1.29, 1.82) is 0 Å². The highest BCUT2D eigenvalue weighted by atomic mass is 79.9. The van der Waals surface area contributed by atoms with Crippen LogP contribution in [0.15, 0.2) is 27.5 Å². The average molecular weight is 267 g/mol. The molecule has 1 aliphatic rings. The predicted octanol–water partition coefficient (Wildman–Crippen LogP) is 3.08. The number of hydrogen-bond acceptors (Lipinski definition) is 2. The van der Waals surface area contributed by atoms with Crippen molar-refractivity contribution in [2.45, 2.75) is 11.2 Å². The fourth-order valence-corrected chi connectivity index (χ4v) is 2.19. The van der Waals surface area contributed by atoms with Gasteiger partial charge in [0.2, 0.25) is 0 Å². The zero-order valence-electron chi connectivity index (χ0n) is 5.05. The van der Waals surface area contributed by atoms with E-state index in [0.717, 1.165) is 10.9 Å². The second-order valence-corrected chi connectivity index (χ2v) is 4.09. The first-order valence-corrected chi connectivity index (χ1v) is 4.48. The molecule has 1 atom stereocenters. The monoisotopic (exact) mass is 265 g/mol. The maximum atomic E-state index is 10.1. The maximum Gasteiger partial charge on any atom is 0.0989 e. The Morgan fingerprint density at radius 1 is 1.60 bits per heavy atom. The quantitative estimate of drug-likeness (QED) is 0.530. The Balaban J connectivity index is 2.81. The minimum atomic E-state index is 0.0735. The minimum Gasteiger partial charge on any atom is -0.145 e. The smallest absolute Gasteiger partial charge is 0.0989 e. The molecule has 0 saturated heterocycles. The highest BCUT2D eigenvalue weighted by Crippen LogP contribution is 2.28. The molecule has 0 aromatic carbocycles. The normalized spacial score (nSPS) is 25.2. The molecule has 0 aromatic rings. The van der Waals surface area contributed by atoms with Crippen LogP contribution in [0.2, 0.25) is 0 Å². The third kappa shape index (κ3) is 1.76. The summed E-state index contributed by atoms with van der Waals surface area (Å²) in [6.07, 6.45) is 4.35. The molecule has 0 aromatic heterocycles. The van der Waals surface area contributed by atoms with Crippen molar-refractivity contribution in [2.75, 3.05) is 0 Å². The molecule has 0 heterocycles. The first kappa shape index (κ1) is 8.14. The topological polar surface area (TPSA) is 29.4 Å². The van der Waals surface area contributed by atoms with E-state index in [4.69, 9.17) is 0 Å². The van der Waals surface area contributed by atoms with Crippen molar-refractivity contribution in [2.24, 2.45) is 5.18 Å². The summed E-state index contributed by atoms with van der Waals surface area (Å²) in [5.41, 5.74) is 0.559. The van der Waals surface area contributed by atoms with Gasteiger partial charge in [-0.1, -0.05) is 37.9 Å². The first-order chi connectivity index (χ1) is 4.74. The van der Waals surface area contributed by atoms with E-state index in [9.17, 15) is 4.91 Å². The van der Waals surface area contributed by atoms with Crippen molar-refractivity contribution < 1.29 is 0 Å². The molecular weight excluding hydrogens is 262 g/mol. The molecule has 1 aliphatic carbocycles. The summed E-state index contributed by atoms with van der Waals surface area (Å²) in [6, 6.07) is 0. The number of nitrogens with zero attached hydrogens (tertiary/aromatic N) is 1. The van der Waals surface area contributed by atoms with Crippen LogP contribution < -0.4 is 0 Å². The van der Waals surface area contributed by atoms with Crippen LogP contribution in [-0.2, 0) is 0 Å². The van der Waals surface area contributed by atoms with E-state index >= 15 is 0 Å². The van der Waals surface area contributed by atoms with Gasteiger partial charge in [-0.2, -0.15) is 0 Å². The van der Waals surface area contributed by atoms with Gasteiger partial charge in [-0.05, 0) is 22.2 Å². The molecule has 0 bridgehead atoms. The minimum absolute atomic E-state index is 0.0735. The van der Waals surface area contributed by atoms with Crippen LogP contribution in [0.3, 0.4) is 0 Å². The van der Waals surface area contributed by atoms with Gasteiger partial charge < -0.3 is 0 Å². The summed E-state index contributed by atoms with van der Waals surface area (Å²) < 4.78 is 1.08. The summed E-state index contributed by atoms with van der Waals surface area (Å²) in [5, 5.41) is 2.86. The molecule has 1 rings (SSSR count). The zero-order chi connectivity index (χ0) is 7.56. The van der Waals surface area contributed by atoms with Crippen LogP contribution >= 0.6 is 31.9 Å². The van der Waals surface area contributed by atoms with Gasteiger partial charge in [0, 0.05) is 0 Å². The van der Waals surface area contributed by atoms with E-state index in [1.807, 2.05) is 6.08 Å². The van der Waals surface area contributed by atoms with E-state index in [2.05, 4.69) is 37.0 Å². The van der Waals surface area contributed by atoms with Crippen molar-refractivity contribution in [3.05, 3.63) is 27.2 Å². The second kappa shape index (κ2) is 3.44. The lowest BCUT2D eigenvalue weighted by molar-refractivity contribution is 0.967. The Morgan fingerprint density at radius 3 is 2.80 bits per heavy atom. The lowest BCUT2D eigenvalue weighted by atomic mass is 10.1. The number of hydrogen-bond donors (Lipinski definition) is 0. The van der Waals surface area contributed by atoms with Crippen LogP contribution in [0.4, 0.5) is 0 Å². The number of halogens is 2. The SMILES string of the molecule is O=NC1=CC=C(Br)CC1Br. The van der Waals surface area contributed by atoms with Crippen LogP contribution in [0, 0.1) is 4.91 Å². The lowest BCUT2D eigenvalue weighted by Crippen LogP contribution is -2.03. The maximum absolute atomic E-state index is 10.1. The molecule has 0 amide bonds. The van der Waals surface area contributed by atoms with Crippen molar-refractivity contribution in [1.82, 2.24) is 0 Å². The lowest BCUT2D eigenvalue weighted by Gasteiger charge is -2.10. The second-order valence-electron chi connectivity index (χ2n) is 1.97. The van der Waals surface area contributed by atoms with Gasteiger partial charge in [0.1, 0.15) is 0 Å². The van der Waals surface area contributed by atoms with Gasteiger partial charge in [-0.25, -0.2) is 0 Å². The molecule has 0 spiro atoms. The van der Waals surface area contributed by atoms with Crippen LogP contribution in [-0.4, -0.2) is 4.83 Å². The fraction of sp³-hybridized carbons (Fsp3) is 0.333. The van der Waals surface area contributed by atoms with Gasteiger partial charge in [0.25, 0.3) is 0 Å². The summed E-state index contributed by atoms with van der Waals surface area (Å²) >= 11 is 6.65. The Morgan fingerprint density at radius 2 is 2.30 bits per heavy atom. The van der Waals surface area contributed by atoms with Gasteiger partial charge in [-0.15, -0.1) is 4.91 Å². The Bertz CT molecular complexity index is 210. The Kier molecular flexibility index (Phi) is 2.80. The number of alkyl halides is 1. The van der Waals surface area contributed by atoms with Gasteiger partial charge in [-0.3, -0.25) is 0 Å². The highest BCUT2D eigenvalue weighted by Gasteiger charge is 2.15. The van der Waals surface area contributed by atoms with Crippen LogP contribution in [0.5, 0.6) is 0 Å². The zero-order valence-corrected chi connectivity index (χ0v) is 8.22. The summed E-state index contributed by atoms with van der Waals surface area (Å²) in [5.74, 6) is 0. The molecule has 0 N–H and O–H groups in total. The van der Waals surface area contributed by atoms with E-state index in [1.165, 1.54) is 0 Å². The summed E-state index contributed by atoms with van der Waals surface area (Å²) in [4.78, 5) is 10.2. The van der Waals surface area contributed by atoms with Crippen LogP contribution in [0.25, 0.3) is 0 Å². The van der Waals surface area contributed by atoms with Gasteiger partial charge in [0.05, 0.1) is 10.5 Å². The van der Waals surface area contributed by atoms with E-state index in [0.29, 0.717) is 5.70 Å². The van der Waals surface area contributed by atoms with E-state index < -0.39 is 0 Å². The van der Waals surface area contributed by atoms with E-state index in [-0.39, 0.29) is 4.83 Å². The predicted molar refractivity (Wildman–Crippen MR) is 48.2 cm³/mol. The summed E-state index contributed by atoms with van der Waals surface area (Å²) in [7, 11) is 0. The molecular formula is C6H5Br2NO.